The number of rotatable bonds is 5. The van der Waals surface area contributed by atoms with Crippen LogP contribution in [-0.2, 0) is 6.98 Å². The Morgan fingerprint density at radius 2 is 2.31 bits per heavy atom. The smallest absolute Gasteiger partial charge is 0.273 e. The zero-order valence-electron chi connectivity index (χ0n) is 19.2. The van der Waals surface area contributed by atoms with E-state index >= 15 is 0 Å². The zero-order valence-corrected chi connectivity index (χ0v) is 13.9. The molecule has 3 rings (SSSR count). The Morgan fingerprint density at radius 1 is 1.42 bits per heavy atom. The summed E-state index contributed by atoms with van der Waals surface area (Å²) in [4.78, 5) is 17.1. The number of amides is 1. The number of halogens is 1. The SMILES string of the molecule is [2H]C([2H])([2H])NC(=O)c1nnc(Cl)cc1Nc1nccc(-c2cnn(C([2H])([2H])[2H])n2)c1OC. The number of methoxy groups -OCH3 is 1. The number of nitrogens with zero attached hydrogens (tertiary/aromatic N) is 6. The van der Waals surface area contributed by atoms with E-state index in [1.165, 1.54) is 31.6 Å². The maximum absolute atomic E-state index is 12.3. The largest absolute Gasteiger partial charge is 0.492 e. The van der Waals surface area contributed by atoms with Crippen molar-refractivity contribution in [1.82, 2.24) is 35.5 Å². The number of hydrogen-bond acceptors (Lipinski definition) is 8. The summed E-state index contributed by atoms with van der Waals surface area (Å²) < 4.78 is 49.2. The highest BCUT2D eigenvalue weighted by molar-refractivity contribution is 6.29. The van der Waals surface area contributed by atoms with Gasteiger partial charge in [-0.1, -0.05) is 11.6 Å². The number of carbonyl (C=O) groups excluding carboxylic acids is 1. The fraction of sp³-hybridized carbons (Fsp3) is 0.200. The highest BCUT2D eigenvalue weighted by Crippen LogP contribution is 2.35. The van der Waals surface area contributed by atoms with Crippen molar-refractivity contribution >= 4 is 29.0 Å². The average molecular weight is 381 g/mol. The van der Waals surface area contributed by atoms with Crippen LogP contribution in [-0.4, -0.2) is 50.2 Å². The third-order valence-electron chi connectivity index (χ3n) is 3.22. The van der Waals surface area contributed by atoms with Crippen molar-refractivity contribution < 1.29 is 17.8 Å². The van der Waals surface area contributed by atoms with Crippen molar-refractivity contribution in [2.24, 2.45) is 6.98 Å². The Hall–Kier alpha value is -3.27. The lowest BCUT2D eigenvalue weighted by atomic mass is 10.2. The quantitative estimate of drug-likeness (QED) is 0.682. The summed E-state index contributed by atoms with van der Waals surface area (Å²) in [5.74, 6) is -0.798. The van der Waals surface area contributed by atoms with Gasteiger partial charge in [0.2, 0.25) is 0 Å². The van der Waals surface area contributed by atoms with E-state index in [1.54, 1.807) is 0 Å². The van der Waals surface area contributed by atoms with Gasteiger partial charge < -0.3 is 15.4 Å². The summed E-state index contributed by atoms with van der Waals surface area (Å²) in [6, 6.07) is 2.78. The van der Waals surface area contributed by atoms with Gasteiger partial charge in [0, 0.05) is 34.4 Å². The minimum Gasteiger partial charge on any atom is -0.492 e. The molecule has 0 fully saturated rings. The molecule has 0 spiro atoms. The van der Waals surface area contributed by atoms with Crippen LogP contribution in [0, 0.1) is 0 Å². The first-order valence-electron chi connectivity index (χ1n) is 9.98. The van der Waals surface area contributed by atoms with Gasteiger partial charge in [-0.3, -0.25) is 4.79 Å². The molecule has 0 aliphatic rings. The lowest BCUT2D eigenvalue weighted by Crippen LogP contribution is -2.21. The molecule has 0 bridgehead atoms. The Bertz CT molecular complexity index is 1150. The molecule has 0 saturated heterocycles. The van der Waals surface area contributed by atoms with Crippen LogP contribution in [0.2, 0.25) is 5.15 Å². The van der Waals surface area contributed by atoms with Gasteiger partial charge in [0.25, 0.3) is 5.91 Å². The van der Waals surface area contributed by atoms with E-state index in [-0.39, 0.29) is 33.8 Å². The maximum atomic E-state index is 12.3. The van der Waals surface area contributed by atoms with Crippen LogP contribution in [0.1, 0.15) is 18.7 Å². The monoisotopic (exact) mass is 380 g/mol. The molecule has 10 nitrogen and oxygen atoms in total. The van der Waals surface area contributed by atoms with Gasteiger partial charge in [-0.2, -0.15) is 15.0 Å². The fourth-order valence-corrected chi connectivity index (χ4v) is 2.30. The maximum Gasteiger partial charge on any atom is 0.273 e. The topological polar surface area (TPSA) is 120 Å². The van der Waals surface area contributed by atoms with Gasteiger partial charge in [0.1, 0.15) is 5.69 Å². The molecular formula is C15H15ClN8O2. The van der Waals surface area contributed by atoms with E-state index < -0.39 is 19.9 Å². The predicted octanol–water partition coefficient (Wildman–Crippen LogP) is 1.43. The second-order valence-electron chi connectivity index (χ2n) is 4.77. The van der Waals surface area contributed by atoms with Crippen molar-refractivity contribution in [2.75, 3.05) is 19.4 Å². The van der Waals surface area contributed by atoms with Crippen molar-refractivity contribution in [1.29, 1.82) is 0 Å². The molecule has 0 radical (unpaired) electrons. The molecule has 0 atom stereocenters. The first-order chi connectivity index (χ1) is 14.9. The summed E-state index contributed by atoms with van der Waals surface area (Å²) in [7, 11) is 1.35. The van der Waals surface area contributed by atoms with Crippen LogP contribution in [0.5, 0.6) is 5.75 Å². The van der Waals surface area contributed by atoms with E-state index in [0.717, 1.165) is 0 Å². The van der Waals surface area contributed by atoms with Crippen molar-refractivity contribution in [3.63, 3.8) is 0 Å². The van der Waals surface area contributed by atoms with Gasteiger partial charge in [0.05, 0.1) is 24.6 Å². The molecule has 3 aromatic rings. The number of aryl methyl sites for hydroxylation is 1. The second-order valence-corrected chi connectivity index (χ2v) is 5.16. The third-order valence-corrected chi connectivity index (χ3v) is 3.41. The van der Waals surface area contributed by atoms with Gasteiger partial charge in [-0.05, 0) is 6.07 Å². The Morgan fingerprint density at radius 3 is 3.04 bits per heavy atom. The molecule has 0 saturated carbocycles. The minimum atomic E-state index is -2.75. The molecule has 0 aliphatic heterocycles. The van der Waals surface area contributed by atoms with Gasteiger partial charge >= 0.3 is 0 Å². The zero-order chi connectivity index (χ0) is 23.7. The van der Waals surface area contributed by atoms with Crippen molar-refractivity contribution in [3.8, 4) is 17.0 Å². The van der Waals surface area contributed by atoms with Crippen LogP contribution in [0.25, 0.3) is 11.3 Å². The highest BCUT2D eigenvalue weighted by Gasteiger charge is 2.19. The van der Waals surface area contributed by atoms with E-state index in [4.69, 9.17) is 24.6 Å². The molecule has 1 amide bonds. The summed E-state index contributed by atoms with van der Waals surface area (Å²) in [6.07, 6.45) is 2.63. The molecule has 2 N–H and O–H groups in total. The van der Waals surface area contributed by atoms with E-state index in [2.05, 4.69) is 30.7 Å². The molecule has 0 aromatic carbocycles. The van der Waals surface area contributed by atoms with E-state index in [1.807, 2.05) is 5.32 Å². The Labute approximate surface area is 162 Å². The molecule has 3 heterocycles. The number of aromatic nitrogens is 6. The Kier molecular flexibility index (Phi) is 3.20. The fourth-order valence-electron chi connectivity index (χ4n) is 2.15. The summed E-state index contributed by atoms with van der Waals surface area (Å²) in [5, 5.41) is 19.5. The summed E-state index contributed by atoms with van der Waals surface area (Å²) >= 11 is 5.88. The van der Waals surface area contributed by atoms with Crippen LogP contribution in [0.15, 0.2) is 24.5 Å². The standard InChI is InChI=1S/C15H15ClN8O2/c1-17-15(25)12-9(6-11(16)21-22-12)20-14-13(26-3)8(4-5-18-14)10-7-19-24(2)23-10/h4-7H,1-3H3,(H,17,25)(H,18,20,21)/i1D3,2D3. The summed E-state index contributed by atoms with van der Waals surface area (Å²) in [5.41, 5.74) is 0.186. The second kappa shape index (κ2) is 7.31. The van der Waals surface area contributed by atoms with Crippen LogP contribution < -0.4 is 15.4 Å². The first kappa shape index (κ1) is 11.4. The number of hydrogen-bond donors (Lipinski definition) is 2. The molecule has 0 unspecified atom stereocenters. The number of carbonyl (C=O) groups is 1. The molecule has 3 aromatic heterocycles. The summed E-state index contributed by atoms with van der Waals surface area (Å²) in [6.45, 7) is -5.32. The lowest BCUT2D eigenvalue weighted by Gasteiger charge is -2.14. The van der Waals surface area contributed by atoms with Crippen molar-refractivity contribution in [3.05, 3.63) is 35.4 Å². The number of nitrogens with one attached hydrogen (secondary N) is 2. The first-order valence-corrected chi connectivity index (χ1v) is 7.36. The van der Waals surface area contributed by atoms with Crippen LogP contribution in [0.3, 0.4) is 0 Å². The Balaban J connectivity index is 2.02. The predicted molar refractivity (Wildman–Crippen MR) is 94.5 cm³/mol. The van der Waals surface area contributed by atoms with E-state index in [9.17, 15) is 4.79 Å². The number of pyridine rings is 1. The van der Waals surface area contributed by atoms with Crippen molar-refractivity contribution in [2.45, 2.75) is 0 Å². The van der Waals surface area contributed by atoms with Gasteiger partial charge in [-0.25, -0.2) is 4.98 Å². The highest BCUT2D eigenvalue weighted by atomic mass is 35.5. The molecule has 0 aliphatic carbocycles. The molecule has 11 heteroatoms. The average Bonchev–Trinajstić information content (AvgIpc) is 3.17. The van der Waals surface area contributed by atoms with Crippen LogP contribution >= 0.6 is 11.6 Å². The minimum absolute atomic E-state index is 0.000783. The number of ether oxygens (including phenoxy) is 1. The normalized spacial score (nSPS) is 14.8. The van der Waals surface area contributed by atoms with Gasteiger partial charge in [-0.15, -0.1) is 10.2 Å². The van der Waals surface area contributed by atoms with Gasteiger partial charge in [0.15, 0.2) is 22.4 Å². The lowest BCUT2D eigenvalue weighted by molar-refractivity contribution is 0.0958. The number of anilines is 2. The third kappa shape index (κ3) is 3.40. The molecule has 134 valence electrons. The van der Waals surface area contributed by atoms with Crippen LogP contribution in [0.4, 0.5) is 11.5 Å². The van der Waals surface area contributed by atoms with E-state index in [0.29, 0.717) is 10.4 Å². The molecule has 26 heavy (non-hydrogen) atoms. The molecular weight excluding hydrogens is 360 g/mol.